The van der Waals surface area contributed by atoms with Crippen LogP contribution in [0.5, 0.6) is 0 Å². The monoisotopic (exact) mass is 306 g/mol. The van der Waals surface area contributed by atoms with Crippen molar-refractivity contribution in [3.8, 4) is 0 Å². The fraction of sp³-hybridized carbons (Fsp3) is 0.364. The lowest BCUT2D eigenvalue weighted by Crippen LogP contribution is -2.13. The topological polar surface area (TPSA) is 55.8 Å². The van der Waals surface area contributed by atoms with Crippen LogP contribution in [0.4, 0.5) is 0 Å². The van der Waals surface area contributed by atoms with Crippen LogP contribution < -0.4 is 0 Å². The van der Waals surface area contributed by atoms with E-state index >= 15 is 0 Å². The average Bonchev–Trinajstić information content (AvgIpc) is 2.37. The van der Waals surface area contributed by atoms with Gasteiger partial charge >= 0.3 is 5.97 Å². The zero-order valence-corrected chi connectivity index (χ0v) is 12.6. The number of ether oxygens (including phenoxy) is 1. The Labute approximate surface area is 116 Å². The Balaban J connectivity index is 2.96. The summed E-state index contributed by atoms with van der Waals surface area (Å²) in [7, 11) is 1.33. The van der Waals surface area contributed by atoms with E-state index in [0.717, 1.165) is 16.9 Å². The molecule has 1 N–H and O–H groups in total. The van der Waals surface area contributed by atoms with E-state index in [-0.39, 0.29) is 6.61 Å². The Kier molecular flexibility index (Phi) is 6.32. The van der Waals surface area contributed by atoms with Gasteiger partial charge in [0.25, 0.3) is 0 Å². The van der Waals surface area contributed by atoms with Crippen LogP contribution in [-0.2, 0) is 25.9 Å². The molecule has 0 fully saturated rings. The van der Waals surface area contributed by atoms with E-state index in [1.165, 1.54) is 7.11 Å². The Morgan fingerprint density at radius 3 is 2.61 bits per heavy atom. The molecule has 4 nitrogen and oxygen atoms in total. The van der Waals surface area contributed by atoms with Crippen molar-refractivity contribution >= 4 is 34.9 Å². The maximum atomic E-state index is 11.9. The summed E-state index contributed by atoms with van der Waals surface area (Å²) >= 11 is 5.86. The molecule has 0 saturated carbocycles. The van der Waals surface area contributed by atoms with E-state index < -0.39 is 16.9 Å². The van der Waals surface area contributed by atoms with E-state index in [1.807, 2.05) is 18.2 Å². The molecule has 0 radical (unpaired) electrons. The van der Waals surface area contributed by atoms with E-state index in [9.17, 15) is 9.69 Å². The fourth-order valence-electron chi connectivity index (χ4n) is 1.26. The van der Waals surface area contributed by atoms with Crippen LogP contribution in [0.15, 0.2) is 30.3 Å². The van der Waals surface area contributed by atoms with E-state index in [1.54, 1.807) is 19.1 Å². The number of rotatable bonds is 6. The summed E-state index contributed by atoms with van der Waals surface area (Å²) in [5.41, 5.74) is -2.29. The lowest BCUT2D eigenvalue weighted by molar-refractivity contribution is -0.142. The molecule has 0 bridgehead atoms. The highest BCUT2D eigenvalue weighted by molar-refractivity contribution is 8.67. The van der Waals surface area contributed by atoms with E-state index in [2.05, 4.69) is 0 Å². The number of carbonyl (C=O) groups excluding carboxylic acids is 1. The minimum absolute atomic E-state index is 0.282. The fourth-order valence-corrected chi connectivity index (χ4v) is 4.50. The number of carbonyl (C=O) groups is 1. The van der Waals surface area contributed by atoms with Gasteiger partial charge in [-0.25, -0.2) is 0 Å². The molecule has 100 valence electrons. The summed E-state index contributed by atoms with van der Waals surface area (Å²) < 4.78 is 9.85. The second-order valence-corrected chi connectivity index (χ2v) is 9.58. The molecule has 1 aromatic carbocycles. The van der Waals surface area contributed by atoms with Gasteiger partial charge in [-0.2, -0.15) is 0 Å². The van der Waals surface area contributed by atoms with Crippen molar-refractivity contribution in [3.05, 3.63) is 35.9 Å². The predicted octanol–water partition coefficient (Wildman–Crippen LogP) is 2.89. The van der Waals surface area contributed by atoms with Crippen molar-refractivity contribution in [1.82, 2.24) is 0 Å². The number of benzene rings is 1. The Bertz CT molecular complexity index is 438. The summed E-state index contributed by atoms with van der Waals surface area (Å²) in [5.74, 6) is -0.422. The van der Waals surface area contributed by atoms with Gasteiger partial charge in [-0.15, -0.1) is 0 Å². The molecule has 1 aromatic rings. The van der Waals surface area contributed by atoms with Gasteiger partial charge in [-0.05, 0) is 24.3 Å². The average molecular weight is 306 g/mol. The van der Waals surface area contributed by atoms with Gasteiger partial charge in [-0.3, -0.25) is 4.79 Å². The highest BCUT2D eigenvalue weighted by atomic mass is 32.9. The third kappa shape index (κ3) is 4.71. The Morgan fingerprint density at radius 2 is 2.11 bits per heavy atom. The molecular weight excluding hydrogens is 291 g/mol. The lowest BCUT2D eigenvalue weighted by Gasteiger charge is -2.19. The molecule has 1 rings (SSSR count). The van der Waals surface area contributed by atoms with Gasteiger partial charge in [0.05, 0.1) is 6.61 Å². The Hall–Kier alpha value is -0.390. The summed E-state index contributed by atoms with van der Waals surface area (Å²) in [4.78, 5) is 21.7. The molecule has 7 heteroatoms. The van der Waals surface area contributed by atoms with Gasteiger partial charge in [0.1, 0.15) is 5.25 Å². The third-order valence-corrected chi connectivity index (χ3v) is 6.58. The standard InChI is InChI=1S/C11H15O4PS2/c1-3-15-11(12)10(18-16(13,17)14-2)9-7-5-4-6-8-9/h4-8,10H,3H2,1-2H3,(H,13,17). The summed E-state index contributed by atoms with van der Waals surface area (Å²) in [6.45, 7) is 2.01. The second-order valence-electron chi connectivity index (χ2n) is 3.30. The Morgan fingerprint density at radius 1 is 1.50 bits per heavy atom. The van der Waals surface area contributed by atoms with Gasteiger partial charge < -0.3 is 14.2 Å². The summed E-state index contributed by atoms with van der Waals surface area (Å²) in [6, 6.07) is 9.06. The van der Waals surface area contributed by atoms with Crippen molar-refractivity contribution in [2.75, 3.05) is 13.7 Å². The van der Waals surface area contributed by atoms with Crippen LogP contribution in [0.1, 0.15) is 17.7 Å². The molecule has 2 atom stereocenters. The van der Waals surface area contributed by atoms with E-state index in [0.29, 0.717) is 0 Å². The van der Waals surface area contributed by atoms with Crippen molar-refractivity contribution < 1.29 is 18.9 Å². The van der Waals surface area contributed by atoms with Crippen LogP contribution in [0.2, 0.25) is 0 Å². The van der Waals surface area contributed by atoms with Gasteiger partial charge in [0.2, 0.25) is 5.69 Å². The molecular formula is C11H15O4PS2. The maximum absolute atomic E-state index is 11.9. The zero-order valence-electron chi connectivity index (χ0n) is 10.1. The van der Waals surface area contributed by atoms with Crippen molar-refractivity contribution in [1.29, 1.82) is 0 Å². The SMILES string of the molecule is CCOC(=O)C(SP(O)(=S)OC)c1ccccc1. The largest absolute Gasteiger partial charge is 0.465 e. The second kappa shape index (κ2) is 7.26. The molecule has 0 aliphatic rings. The molecule has 0 aliphatic heterocycles. The smallest absolute Gasteiger partial charge is 0.324 e. The number of hydrogen-bond acceptors (Lipinski definition) is 5. The number of hydrogen-bond donors (Lipinski definition) is 1. The zero-order chi connectivity index (χ0) is 13.6. The van der Waals surface area contributed by atoms with Crippen molar-refractivity contribution in [2.24, 2.45) is 0 Å². The quantitative estimate of drug-likeness (QED) is 0.644. The lowest BCUT2D eigenvalue weighted by atomic mass is 10.1. The van der Waals surface area contributed by atoms with Crippen molar-refractivity contribution in [2.45, 2.75) is 12.2 Å². The highest BCUT2D eigenvalue weighted by Gasteiger charge is 2.29. The van der Waals surface area contributed by atoms with Gasteiger partial charge in [-0.1, -0.05) is 41.7 Å². The molecule has 18 heavy (non-hydrogen) atoms. The van der Waals surface area contributed by atoms with Crippen LogP contribution in [-0.4, -0.2) is 24.6 Å². The molecule has 0 aliphatic carbocycles. The molecule has 2 unspecified atom stereocenters. The highest BCUT2D eigenvalue weighted by Crippen LogP contribution is 2.61. The molecule has 0 saturated heterocycles. The summed E-state index contributed by atoms with van der Waals surface area (Å²) in [5, 5.41) is -0.665. The van der Waals surface area contributed by atoms with Crippen LogP contribution in [0, 0.1) is 0 Å². The summed E-state index contributed by atoms with van der Waals surface area (Å²) in [6.07, 6.45) is 0. The van der Waals surface area contributed by atoms with Crippen LogP contribution in [0.3, 0.4) is 0 Å². The van der Waals surface area contributed by atoms with Crippen LogP contribution >= 0.6 is 17.1 Å². The normalized spacial score (nSPS) is 15.7. The first-order valence-electron chi connectivity index (χ1n) is 5.28. The minimum atomic E-state index is -3.02. The van der Waals surface area contributed by atoms with Gasteiger partial charge in [0, 0.05) is 7.11 Å². The van der Waals surface area contributed by atoms with Crippen LogP contribution in [0.25, 0.3) is 0 Å². The third-order valence-electron chi connectivity index (χ3n) is 2.07. The number of esters is 1. The maximum Gasteiger partial charge on any atom is 0.324 e. The predicted molar refractivity (Wildman–Crippen MR) is 76.9 cm³/mol. The van der Waals surface area contributed by atoms with Crippen molar-refractivity contribution in [3.63, 3.8) is 0 Å². The first-order chi connectivity index (χ1) is 8.50. The minimum Gasteiger partial charge on any atom is -0.465 e. The van der Waals surface area contributed by atoms with E-state index in [4.69, 9.17) is 21.1 Å². The molecule has 0 amide bonds. The molecule has 0 heterocycles. The first kappa shape index (κ1) is 15.7. The van der Waals surface area contributed by atoms with Gasteiger partial charge in [0.15, 0.2) is 0 Å². The first-order valence-corrected chi connectivity index (χ1v) is 9.44. The molecule has 0 aromatic heterocycles. The molecule has 0 spiro atoms.